The molecule has 4 rings (SSSR count). The highest BCUT2D eigenvalue weighted by Gasteiger charge is 2.42. The highest BCUT2D eigenvalue weighted by Crippen LogP contribution is 2.39. The molecule has 0 aromatic rings. The quantitative estimate of drug-likeness (QED) is 0.565. The second-order valence-corrected chi connectivity index (χ2v) is 5.64. The van der Waals surface area contributed by atoms with E-state index in [1.54, 1.807) is 0 Å². The van der Waals surface area contributed by atoms with E-state index in [4.69, 9.17) is 4.74 Å². The van der Waals surface area contributed by atoms with E-state index in [1.807, 2.05) is 0 Å². The first kappa shape index (κ1) is 9.86. The maximum Gasteiger partial charge on any atom is 0.0852 e. The van der Waals surface area contributed by atoms with Crippen molar-refractivity contribution in [2.45, 2.75) is 38.2 Å². The Hall–Kier alpha value is -0.340. The van der Waals surface area contributed by atoms with Crippen LogP contribution in [0.3, 0.4) is 0 Å². The summed E-state index contributed by atoms with van der Waals surface area (Å²) in [6.45, 7) is 6.88. The van der Waals surface area contributed by atoms with E-state index < -0.39 is 0 Å². The number of ether oxygens (including phenoxy) is 1. The number of piperidine rings is 1. The lowest BCUT2D eigenvalue weighted by Gasteiger charge is -2.37. The topological polar surface area (TPSA) is 12.5 Å². The predicted molar refractivity (Wildman–Crippen MR) is 60.8 cm³/mol. The van der Waals surface area contributed by atoms with Crippen molar-refractivity contribution in [3.05, 3.63) is 11.6 Å². The summed E-state index contributed by atoms with van der Waals surface area (Å²) in [7, 11) is 0. The SMILES string of the molecule is CC1=CCO[C@]2(C1)CC1CCN(CC1)C2. The van der Waals surface area contributed by atoms with E-state index in [-0.39, 0.29) is 5.60 Å². The number of rotatable bonds is 0. The van der Waals surface area contributed by atoms with Crippen LogP contribution in [0.1, 0.15) is 32.6 Å². The van der Waals surface area contributed by atoms with Gasteiger partial charge < -0.3 is 9.64 Å². The molecule has 84 valence electrons. The number of nitrogens with zero attached hydrogens (tertiary/aromatic N) is 1. The first-order chi connectivity index (χ1) is 7.26. The Morgan fingerprint density at radius 1 is 1.40 bits per heavy atom. The van der Waals surface area contributed by atoms with E-state index in [0.717, 1.165) is 12.5 Å². The van der Waals surface area contributed by atoms with Crippen molar-refractivity contribution in [3.63, 3.8) is 0 Å². The first-order valence-corrected chi connectivity index (χ1v) is 6.28. The van der Waals surface area contributed by atoms with Crippen molar-refractivity contribution >= 4 is 0 Å². The molecule has 0 saturated carbocycles. The molecule has 0 aromatic carbocycles. The molecule has 0 aliphatic carbocycles. The standard InChI is InChI=1S/C13H21NO/c1-11-4-7-15-13(8-11)9-12-2-5-14(10-13)6-3-12/h4,12H,2-3,5-10H2,1H3/t13-/m1/s1. The summed E-state index contributed by atoms with van der Waals surface area (Å²) in [5.41, 5.74) is 1.71. The predicted octanol–water partition coefficient (Wildman–Crippen LogP) is 2.21. The van der Waals surface area contributed by atoms with Crippen molar-refractivity contribution < 1.29 is 4.74 Å². The molecule has 0 amide bonds. The fraction of sp³-hybridized carbons (Fsp3) is 0.846. The third kappa shape index (κ3) is 1.85. The summed E-state index contributed by atoms with van der Waals surface area (Å²) >= 11 is 0. The van der Waals surface area contributed by atoms with Crippen LogP contribution in [0.4, 0.5) is 0 Å². The third-order valence-electron chi connectivity index (χ3n) is 4.30. The van der Waals surface area contributed by atoms with Crippen molar-refractivity contribution in [2.75, 3.05) is 26.2 Å². The van der Waals surface area contributed by atoms with Gasteiger partial charge in [0.05, 0.1) is 12.2 Å². The van der Waals surface area contributed by atoms with Crippen LogP contribution in [0.2, 0.25) is 0 Å². The van der Waals surface area contributed by atoms with Crippen molar-refractivity contribution in [3.8, 4) is 0 Å². The Morgan fingerprint density at radius 3 is 2.93 bits per heavy atom. The van der Waals surface area contributed by atoms with E-state index in [0.29, 0.717) is 0 Å². The van der Waals surface area contributed by atoms with Crippen molar-refractivity contribution in [1.82, 2.24) is 4.90 Å². The van der Waals surface area contributed by atoms with Gasteiger partial charge in [-0.25, -0.2) is 0 Å². The molecule has 4 aliphatic rings. The fourth-order valence-corrected chi connectivity index (χ4v) is 3.57. The maximum atomic E-state index is 6.12. The van der Waals surface area contributed by atoms with Crippen molar-refractivity contribution in [1.29, 1.82) is 0 Å². The molecule has 0 radical (unpaired) electrons. The molecule has 0 N–H and O–H groups in total. The third-order valence-corrected chi connectivity index (χ3v) is 4.30. The second kappa shape index (κ2) is 3.60. The van der Waals surface area contributed by atoms with Gasteiger partial charge in [-0.1, -0.05) is 11.6 Å². The molecule has 4 heterocycles. The number of hydrogen-bond donors (Lipinski definition) is 0. The summed E-state index contributed by atoms with van der Waals surface area (Å²) in [6.07, 6.45) is 7.50. The average molecular weight is 207 g/mol. The molecule has 2 heteroatoms. The molecule has 1 spiro atoms. The average Bonchev–Trinajstić information content (AvgIpc) is 2.45. The van der Waals surface area contributed by atoms with Crippen LogP contribution in [0, 0.1) is 5.92 Å². The lowest BCUT2D eigenvalue weighted by molar-refractivity contribution is -0.0581. The van der Waals surface area contributed by atoms with E-state index in [1.165, 1.54) is 50.9 Å². The molecule has 2 nitrogen and oxygen atoms in total. The highest BCUT2D eigenvalue weighted by atomic mass is 16.5. The monoisotopic (exact) mass is 207 g/mol. The minimum absolute atomic E-state index is 0.177. The Kier molecular flexibility index (Phi) is 2.37. The van der Waals surface area contributed by atoms with Crippen LogP contribution < -0.4 is 0 Å². The zero-order valence-corrected chi connectivity index (χ0v) is 9.67. The Balaban J connectivity index is 1.83. The first-order valence-electron chi connectivity index (χ1n) is 6.28. The van der Waals surface area contributed by atoms with Gasteiger partial charge in [0.15, 0.2) is 0 Å². The van der Waals surface area contributed by atoms with Crippen molar-refractivity contribution in [2.24, 2.45) is 5.92 Å². The van der Waals surface area contributed by atoms with Gasteiger partial charge in [-0.2, -0.15) is 0 Å². The molecule has 4 aliphatic heterocycles. The molecule has 2 bridgehead atoms. The van der Waals surface area contributed by atoms with E-state index >= 15 is 0 Å². The highest BCUT2D eigenvalue weighted by molar-refractivity contribution is 5.10. The molecular weight excluding hydrogens is 186 g/mol. The smallest absolute Gasteiger partial charge is 0.0852 e. The van der Waals surface area contributed by atoms with Gasteiger partial charge in [0, 0.05) is 6.54 Å². The molecule has 0 aromatic heterocycles. The largest absolute Gasteiger partial charge is 0.369 e. The summed E-state index contributed by atoms with van der Waals surface area (Å²) in [6, 6.07) is 0. The normalized spacial score (nSPS) is 45.3. The minimum Gasteiger partial charge on any atom is -0.369 e. The second-order valence-electron chi connectivity index (χ2n) is 5.64. The van der Waals surface area contributed by atoms with Gasteiger partial charge in [-0.15, -0.1) is 0 Å². The van der Waals surface area contributed by atoms with Crippen LogP contribution in [0.15, 0.2) is 11.6 Å². The minimum atomic E-state index is 0.177. The van der Waals surface area contributed by atoms with Gasteiger partial charge in [0.25, 0.3) is 0 Å². The maximum absolute atomic E-state index is 6.12. The van der Waals surface area contributed by atoms with Crippen LogP contribution >= 0.6 is 0 Å². The Labute approximate surface area is 92.3 Å². The van der Waals surface area contributed by atoms with Gasteiger partial charge in [-0.3, -0.25) is 0 Å². The lowest BCUT2D eigenvalue weighted by Crippen LogP contribution is -2.44. The van der Waals surface area contributed by atoms with E-state index in [9.17, 15) is 0 Å². The molecule has 1 atom stereocenters. The number of hydrogen-bond acceptors (Lipinski definition) is 2. The zero-order valence-electron chi connectivity index (χ0n) is 9.67. The van der Waals surface area contributed by atoms with Crippen LogP contribution in [0.5, 0.6) is 0 Å². The number of fused-ring (bicyclic) bond motifs is 2. The summed E-state index contributed by atoms with van der Waals surface area (Å²) in [5.74, 6) is 0.926. The summed E-state index contributed by atoms with van der Waals surface area (Å²) in [5, 5.41) is 0. The van der Waals surface area contributed by atoms with Gasteiger partial charge in [0.2, 0.25) is 0 Å². The fourth-order valence-electron chi connectivity index (χ4n) is 3.57. The Bertz CT molecular complexity index is 262. The van der Waals surface area contributed by atoms with Crippen LogP contribution in [0.25, 0.3) is 0 Å². The molecule has 0 unspecified atom stereocenters. The summed E-state index contributed by atoms with van der Waals surface area (Å²) < 4.78 is 6.12. The van der Waals surface area contributed by atoms with Gasteiger partial charge in [0.1, 0.15) is 0 Å². The van der Waals surface area contributed by atoms with Gasteiger partial charge in [-0.05, 0) is 51.6 Å². The van der Waals surface area contributed by atoms with Gasteiger partial charge >= 0.3 is 0 Å². The zero-order chi connectivity index (χ0) is 10.3. The molecule has 3 fully saturated rings. The van der Waals surface area contributed by atoms with E-state index in [2.05, 4.69) is 17.9 Å². The molecule has 3 saturated heterocycles. The summed E-state index contributed by atoms with van der Waals surface area (Å²) in [4.78, 5) is 2.61. The van der Waals surface area contributed by atoms with Crippen LogP contribution in [-0.2, 0) is 4.74 Å². The lowest BCUT2D eigenvalue weighted by atomic mass is 9.83. The molecule has 15 heavy (non-hydrogen) atoms. The molecular formula is C13H21NO. The van der Waals surface area contributed by atoms with Crippen LogP contribution in [-0.4, -0.2) is 36.7 Å². The Morgan fingerprint density at radius 2 is 2.20 bits per heavy atom.